The number of aryl methyl sites for hydroxylation is 1. The van der Waals surface area contributed by atoms with Crippen molar-refractivity contribution in [2.45, 2.75) is 25.0 Å². The van der Waals surface area contributed by atoms with Gasteiger partial charge in [-0.1, -0.05) is 48.5 Å². The van der Waals surface area contributed by atoms with Crippen molar-refractivity contribution in [3.63, 3.8) is 0 Å². The monoisotopic (exact) mass is 403 g/mol. The van der Waals surface area contributed by atoms with Gasteiger partial charge in [-0.15, -0.1) is 0 Å². The van der Waals surface area contributed by atoms with E-state index in [9.17, 15) is 9.59 Å². The molecular formula is C24H25N3O3. The molecule has 1 unspecified atom stereocenters. The van der Waals surface area contributed by atoms with Crippen molar-refractivity contribution < 1.29 is 14.3 Å². The van der Waals surface area contributed by atoms with E-state index >= 15 is 0 Å². The number of ether oxygens (including phenoxy) is 1. The summed E-state index contributed by atoms with van der Waals surface area (Å²) in [7, 11) is 1.97. The Bertz CT molecular complexity index is 1080. The number of cyclic esters (lactones) is 1. The Morgan fingerprint density at radius 3 is 2.47 bits per heavy atom. The number of nitrogens with zero attached hydrogens (tertiary/aromatic N) is 3. The van der Waals surface area contributed by atoms with Crippen LogP contribution in [0.5, 0.6) is 0 Å². The number of piperidine rings is 1. The summed E-state index contributed by atoms with van der Waals surface area (Å²) >= 11 is 0. The van der Waals surface area contributed by atoms with Crippen molar-refractivity contribution in [2.24, 2.45) is 7.05 Å². The summed E-state index contributed by atoms with van der Waals surface area (Å²) in [6.45, 7) is 1.86. The fourth-order valence-corrected chi connectivity index (χ4v) is 4.68. The number of carbonyl (C=O) groups excluding carboxylic acids is 2. The molecular weight excluding hydrogens is 378 g/mol. The van der Waals surface area contributed by atoms with Gasteiger partial charge in [0.2, 0.25) is 0 Å². The summed E-state index contributed by atoms with van der Waals surface area (Å²) in [6.07, 6.45) is 3.00. The molecule has 6 heteroatoms. The molecule has 0 N–H and O–H groups in total. The standard InChI is InChI=1S/C24H25N3O3/c1-25-15-20(19-9-5-6-10-21(19)25)23(28)26-13-11-18(12-14-26)27-16-22(30-24(27)29)17-7-3-2-4-8-17/h2-10,15,18,22H,11-14,16H2,1H3. The molecule has 2 amide bonds. The number of rotatable bonds is 3. The second-order valence-corrected chi connectivity index (χ2v) is 8.13. The van der Waals surface area contributed by atoms with E-state index in [1.54, 1.807) is 0 Å². The minimum atomic E-state index is -0.248. The summed E-state index contributed by atoms with van der Waals surface area (Å²) in [5.41, 5.74) is 2.83. The number of amides is 2. The summed E-state index contributed by atoms with van der Waals surface area (Å²) in [5, 5.41) is 0.987. The predicted octanol–water partition coefficient (Wildman–Crippen LogP) is 3.98. The van der Waals surface area contributed by atoms with Crippen molar-refractivity contribution >= 4 is 22.9 Å². The van der Waals surface area contributed by atoms with Gasteiger partial charge in [0.05, 0.1) is 12.1 Å². The Hall–Kier alpha value is -3.28. The Labute approximate surface area is 175 Å². The van der Waals surface area contributed by atoms with Crippen molar-refractivity contribution in [3.05, 3.63) is 71.9 Å². The molecule has 2 aromatic carbocycles. The van der Waals surface area contributed by atoms with Crippen LogP contribution in [0.3, 0.4) is 0 Å². The molecule has 0 aliphatic carbocycles. The van der Waals surface area contributed by atoms with Crippen molar-refractivity contribution in [2.75, 3.05) is 19.6 Å². The van der Waals surface area contributed by atoms with Crippen LogP contribution in [0.15, 0.2) is 60.8 Å². The van der Waals surface area contributed by atoms with E-state index in [2.05, 4.69) is 0 Å². The molecule has 2 aliphatic heterocycles. The highest BCUT2D eigenvalue weighted by molar-refractivity contribution is 6.07. The fraction of sp³-hybridized carbons (Fsp3) is 0.333. The van der Waals surface area contributed by atoms with Crippen molar-refractivity contribution in [3.8, 4) is 0 Å². The number of fused-ring (bicyclic) bond motifs is 1. The van der Waals surface area contributed by atoms with Crippen LogP contribution in [0.1, 0.15) is 34.9 Å². The lowest BCUT2D eigenvalue weighted by molar-refractivity contribution is 0.0660. The van der Waals surface area contributed by atoms with Crippen LogP contribution in [-0.2, 0) is 11.8 Å². The van der Waals surface area contributed by atoms with E-state index in [0.29, 0.717) is 19.6 Å². The summed E-state index contributed by atoms with van der Waals surface area (Å²) < 4.78 is 7.61. The average molecular weight is 403 g/mol. The van der Waals surface area contributed by atoms with Crippen LogP contribution in [0.2, 0.25) is 0 Å². The van der Waals surface area contributed by atoms with Gasteiger partial charge in [-0.25, -0.2) is 4.79 Å². The van der Waals surface area contributed by atoms with E-state index in [1.165, 1.54) is 0 Å². The molecule has 6 nitrogen and oxygen atoms in total. The van der Waals surface area contributed by atoms with Crippen LogP contribution in [-0.4, -0.2) is 52.0 Å². The molecule has 2 fully saturated rings. The summed E-state index contributed by atoms with van der Waals surface area (Å²) in [4.78, 5) is 29.4. The predicted molar refractivity (Wildman–Crippen MR) is 114 cm³/mol. The van der Waals surface area contributed by atoms with Crippen LogP contribution < -0.4 is 0 Å². The second kappa shape index (κ2) is 7.52. The molecule has 0 saturated carbocycles. The van der Waals surface area contributed by atoms with Gasteiger partial charge >= 0.3 is 6.09 Å². The molecule has 2 saturated heterocycles. The third kappa shape index (κ3) is 3.22. The van der Waals surface area contributed by atoms with Gasteiger partial charge in [-0.3, -0.25) is 4.79 Å². The number of hydrogen-bond donors (Lipinski definition) is 0. The highest BCUT2D eigenvalue weighted by Gasteiger charge is 2.38. The first-order chi connectivity index (χ1) is 14.6. The largest absolute Gasteiger partial charge is 0.439 e. The maximum absolute atomic E-state index is 13.2. The normalized spacial score (nSPS) is 20.0. The molecule has 3 aromatic rings. The maximum atomic E-state index is 13.2. The van der Waals surface area contributed by atoms with E-state index in [4.69, 9.17) is 4.74 Å². The first kappa shape index (κ1) is 18.7. The molecule has 5 rings (SSSR count). The minimum Gasteiger partial charge on any atom is -0.439 e. The molecule has 0 radical (unpaired) electrons. The van der Waals surface area contributed by atoms with Gasteiger partial charge in [0.25, 0.3) is 5.91 Å². The van der Waals surface area contributed by atoms with E-state index in [-0.39, 0.29) is 24.1 Å². The molecule has 1 aromatic heterocycles. The van der Waals surface area contributed by atoms with Crippen molar-refractivity contribution in [1.82, 2.24) is 14.4 Å². The SMILES string of the molecule is Cn1cc(C(=O)N2CCC(N3CC(c4ccccc4)OC3=O)CC2)c2ccccc21. The van der Waals surface area contributed by atoms with Gasteiger partial charge in [0, 0.05) is 43.3 Å². The smallest absolute Gasteiger partial charge is 0.410 e. The number of para-hydroxylation sites is 1. The molecule has 30 heavy (non-hydrogen) atoms. The Kier molecular flexibility index (Phi) is 4.69. The Morgan fingerprint density at radius 2 is 1.70 bits per heavy atom. The number of carbonyl (C=O) groups is 2. The average Bonchev–Trinajstić information content (AvgIpc) is 3.34. The summed E-state index contributed by atoms with van der Waals surface area (Å²) in [5.74, 6) is 0.0661. The van der Waals surface area contributed by atoms with E-state index < -0.39 is 0 Å². The van der Waals surface area contributed by atoms with Gasteiger partial charge in [0.1, 0.15) is 6.10 Å². The van der Waals surface area contributed by atoms with Gasteiger partial charge < -0.3 is 19.1 Å². The van der Waals surface area contributed by atoms with Crippen LogP contribution >= 0.6 is 0 Å². The molecule has 1 atom stereocenters. The number of hydrogen-bond acceptors (Lipinski definition) is 3. The second-order valence-electron chi connectivity index (χ2n) is 8.13. The highest BCUT2D eigenvalue weighted by atomic mass is 16.6. The van der Waals surface area contributed by atoms with E-state index in [1.807, 2.05) is 82.2 Å². The third-order valence-corrected chi connectivity index (χ3v) is 6.33. The Morgan fingerprint density at radius 1 is 1.00 bits per heavy atom. The topological polar surface area (TPSA) is 54.8 Å². The van der Waals surface area contributed by atoms with Crippen LogP contribution in [0.25, 0.3) is 10.9 Å². The first-order valence-electron chi connectivity index (χ1n) is 10.5. The molecule has 154 valence electrons. The zero-order valence-corrected chi connectivity index (χ0v) is 17.0. The van der Waals surface area contributed by atoms with Crippen LogP contribution in [0, 0.1) is 0 Å². The van der Waals surface area contributed by atoms with Crippen molar-refractivity contribution in [1.29, 1.82) is 0 Å². The van der Waals surface area contributed by atoms with Crippen LogP contribution in [0.4, 0.5) is 4.79 Å². The zero-order valence-electron chi connectivity index (χ0n) is 17.0. The Balaban J connectivity index is 1.25. The number of benzene rings is 2. The molecule has 0 spiro atoms. The highest BCUT2D eigenvalue weighted by Crippen LogP contribution is 2.31. The number of aromatic nitrogens is 1. The maximum Gasteiger partial charge on any atom is 0.410 e. The fourth-order valence-electron chi connectivity index (χ4n) is 4.68. The number of likely N-dealkylation sites (tertiary alicyclic amines) is 1. The lowest BCUT2D eigenvalue weighted by atomic mass is 10.0. The molecule has 2 aliphatic rings. The molecule has 3 heterocycles. The van der Waals surface area contributed by atoms with E-state index in [0.717, 1.165) is 34.9 Å². The lowest BCUT2D eigenvalue weighted by Crippen LogP contribution is -2.47. The van der Waals surface area contributed by atoms with Gasteiger partial charge in [-0.05, 0) is 24.5 Å². The third-order valence-electron chi connectivity index (χ3n) is 6.33. The van der Waals surface area contributed by atoms with Gasteiger partial charge in [-0.2, -0.15) is 0 Å². The lowest BCUT2D eigenvalue weighted by Gasteiger charge is -2.35. The zero-order chi connectivity index (χ0) is 20.7. The summed E-state index contributed by atoms with van der Waals surface area (Å²) in [6, 6.07) is 18.0. The minimum absolute atomic E-state index is 0.0661. The quantitative estimate of drug-likeness (QED) is 0.665. The first-order valence-corrected chi connectivity index (χ1v) is 10.5. The van der Waals surface area contributed by atoms with Gasteiger partial charge in [0.15, 0.2) is 0 Å². The molecule has 0 bridgehead atoms.